The molecule has 0 aromatic heterocycles. The van der Waals surface area contributed by atoms with Gasteiger partial charge in [0.2, 0.25) is 0 Å². The van der Waals surface area contributed by atoms with Gasteiger partial charge in [0.05, 0.1) is 10.8 Å². The number of rotatable bonds is 13. The monoisotopic (exact) mass is 382 g/mol. The van der Waals surface area contributed by atoms with E-state index in [4.69, 9.17) is 0 Å². The van der Waals surface area contributed by atoms with Crippen LogP contribution in [0, 0.1) is 22.7 Å². The van der Waals surface area contributed by atoms with Gasteiger partial charge in [0.1, 0.15) is 0 Å². The maximum atomic E-state index is 12.4. The first-order valence-electron chi connectivity index (χ1n) is 11.2. The molecule has 3 atom stereocenters. The van der Waals surface area contributed by atoms with Gasteiger partial charge in [0.15, 0.2) is 0 Å². The Morgan fingerprint density at radius 1 is 0.852 bits per heavy atom. The average molecular weight is 383 g/mol. The van der Waals surface area contributed by atoms with Gasteiger partial charge in [0, 0.05) is 0 Å². The number of carboxylic acid groups (broad SMARTS) is 2. The van der Waals surface area contributed by atoms with E-state index in [2.05, 4.69) is 13.8 Å². The lowest BCUT2D eigenvalue weighted by molar-refractivity contribution is -0.188. The first-order chi connectivity index (χ1) is 12.7. The highest BCUT2D eigenvalue weighted by Crippen LogP contribution is 2.58. The highest BCUT2D eigenvalue weighted by atomic mass is 16.4. The third-order valence-corrected chi connectivity index (χ3v) is 7.16. The van der Waals surface area contributed by atoms with E-state index in [9.17, 15) is 19.8 Å². The second-order valence-electron chi connectivity index (χ2n) is 9.23. The molecule has 1 aliphatic rings. The number of aliphatic carboxylic acids is 2. The predicted molar refractivity (Wildman–Crippen MR) is 110 cm³/mol. The Morgan fingerprint density at radius 3 is 1.93 bits per heavy atom. The fourth-order valence-corrected chi connectivity index (χ4v) is 5.32. The van der Waals surface area contributed by atoms with E-state index in [1.54, 1.807) is 0 Å². The van der Waals surface area contributed by atoms with Gasteiger partial charge in [-0.1, -0.05) is 91.9 Å². The molecule has 0 aromatic carbocycles. The molecule has 2 N–H and O–H groups in total. The molecule has 0 aromatic rings. The largest absolute Gasteiger partial charge is 0.481 e. The summed E-state index contributed by atoms with van der Waals surface area (Å²) in [6.45, 7) is 8.42. The van der Waals surface area contributed by atoms with Gasteiger partial charge in [-0.15, -0.1) is 0 Å². The maximum absolute atomic E-state index is 12.4. The molecule has 27 heavy (non-hydrogen) atoms. The lowest BCUT2D eigenvalue weighted by Gasteiger charge is -2.51. The zero-order valence-corrected chi connectivity index (χ0v) is 18.1. The topological polar surface area (TPSA) is 74.6 Å². The highest BCUT2D eigenvalue weighted by molar-refractivity contribution is 5.87. The van der Waals surface area contributed by atoms with Gasteiger partial charge >= 0.3 is 11.9 Å². The SMILES string of the molecule is CCC(C)C1(C(=O)O)CCCCC1(CCCCCCCCC(C)C)C(=O)O. The summed E-state index contributed by atoms with van der Waals surface area (Å²) >= 11 is 0. The lowest BCUT2D eigenvalue weighted by Crippen LogP contribution is -2.57. The molecule has 1 saturated carbocycles. The molecule has 158 valence electrons. The summed E-state index contributed by atoms with van der Waals surface area (Å²) in [5.41, 5.74) is -2.23. The predicted octanol–water partition coefficient (Wildman–Crippen LogP) is 6.53. The number of carbonyl (C=O) groups is 2. The molecular formula is C23H42O4. The van der Waals surface area contributed by atoms with Crippen molar-refractivity contribution < 1.29 is 19.8 Å². The minimum Gasteiger partial charge on any atom is -0.481 e. The molecule has 0 bridgehead atoms. The van der Waals surface area contributed by atoms with Crippen LogP contribution in [0.5, 0.6) is 0 Å². The molecule has 1 aliphatic carbocycles. The van der Waals surface area contributed by atoms with Crippen LogP contribution in [0.15, 0.2) is 0 Å². The van der Waals surface area contributed by atoms with Crippen molar-refractivity contribution in [3.05, 3.63) is 0 Å². The highest BCUT2D eigenvalue weighted by Gasteiger charge is 2.63. The molecule has 0 amide bonds. The van der Waals surface area contributed by atoms with E-state index < -0.39 is 22.8 Å². The average Bonchev–Trinajstić information content (AvgIpc) is 2.62. The molecule has 0 saturated heterocycles. The minimum atomic E-state index is -1.12. The Balaban J connectivity index is 2.75. The smallest absolute Gasteiger partial charge is 0.311 e. The van der Waals surface area contributed by atoms with E-state index in [-0.39, 0.29) is 5.92 Å². The summed E-state index contributed by atoms with van der Waals surface area (Å²) in [7, 11) is 0. The van der Waals surface area contributed by atoms with Crippen molar-refractivity contribution in [2.45, 2.75) is 111 Å². The lowest BCUT2D eigenvalue weighted by atomic mass is 9.49. The molecule has 0 aliphatic heterocycles. The Kier molecular flexibility index (Phi) is 9.83. The van der Waals surface area contributed by atoms with E-state index in [0.29, 0.717) is 25.7 Å². The molecular weight excluding hydrogens is 340 g/mol. The van der Waals surface area contributed by atoms with Crippen molar-refractivity contribution >= 4 is 11.9 Å². The number of unbranched alkanes of at least 4 members (excludes halogenated alkanes) is 5. The summed E-state index contributed by atoms with van der Waals surface area (Å²) in [6.07, 6.45) is 11.8. The van der Waals surface area contributed by atoms with Gasteiger partial charge < -0.3 is 10.2 Å². The van der Waals surface area contributed by atoms with E-state index in [1.165, 1.54) is 25.7 Å². The molecule has 4 nitrogen and oxygen atoms in total. The molecule has 0 radical (unpaired) electrons. The van der Waals surface area contributed by atoms with Crippen molar-refractivity contribution in [3.63, 3.8) is 0 Å². The molecule has 0 heterocycles. The molecule has 4 heteroatoms. The van der Waals surface area contributed by atoms with Gasteiger partial charge in [-0.2, -0.15) is 0 Å². The van der Waals surface area contributed by atoms with Crippen LogP contribution in [-0.4, -0.2) is 22.2 Å². The van der Waals surface area contributed by atoms with Crippen molar-refractivity contribution in [1.82, 2.24) is 0 Å². The quantitative estimate of drug-likeness (QED) is 0.355. The molecule has 1 fully saturated rings. The first-order valence-corrected chi connectivity index (χ1v) is 11.2. The standard InChI is InChI=1S/C23H42O4/c1-5-19(4)23(21(26)27)17-13-12-16-22(23,20(24)25)15-11-9-7-6-8-10-14-18(2)3/h18-19H,5-17H2,1-4H3,(H,24,25)(H,26,27). The van der Waals surface area contributed by atoms with Crippen molar-refractivity contribution in [1.29, 1.82) is 0 Å². The van der Waals surface area contributed by atoms with Crippen molar-refractivity contribution in [3.8, 4) is 0 Å². The fourth-order valence-electron chi connectivity index (χ4n) is 5.32. The van der Waals surface area contributed by atoms with Crippen molar-refractivity contribution in [2.75, 3.05) is 0 Å². The second-order valence-corrected chi connectivity index (χ2v) is 9.23. The van der Waals surface area contributed by atoms with Crippen LogP contribution in [-0.2, 0) is 9.59 Å². The summed E-state index contributed by atoms with van der Waals surface area (Å²) in [5, 5.41) is 20.3. The third-order valence-electron chi connectivity index (χ3n) is 7.16. The minimum absolute atomic E-state index is 0.123. The molecule has 0 spiro atoms. The molecule has 3 unspecified atom stereocenters. The first kappa shape index (κ1) is 24.0. The normalized spacial score (nSPS) is 26.9. The Morgan fingerprint density at radius 2 is 1.41 bits per heavy atom. The van der Waals surface area contributed by atoms with Gasteiger partial charge in [-0.25, -0.2) is 0 Å². The Labute approximate surface area is 166 Å². The summed E-state index contributed by atoms with van der Waals surface area (Å²) < 4.78 is 0. The van der Waals surface area contributed by atoms with Crippen LogP contribution >= 0.6 is 0 Å². The van der Waals surface area contributed by atoms with Crippen molar-refractivity contribution in [2.24, 2.45) is 22.7 Å². The zero-order valence-electron chi connectivity index (χ0n) is 18.1. The Hall–Kier alpha value is -1.06. The van der Waals surface area contributed by atoms with E-state index >= 15 is 0 Å². The zero-order chi connectivity index (χ0) is 20.5. The Bertz CT molecular complexity index is 473. The van der Waals surface area contributed by atoms with Gasteiger partial charge in [0.25, 0.3) is 0 Å². The van der Waals surface area contributed by atoms with Crippen LogP contribution in [0.1, 0.15) is 111 Å². The second kappa shape index (κ2) is 11.1. The van der Waals surface area contributed by atoms with Crippen LogP contribution in [0.4, 0.5) is 0 Å². The third kappa shape index (κ3) is 5.48. The number of hydrogen-bond donors (Lipinski definition) is 2. The van der Waals surface area contributed by atoms with Crippen LogP contribution in [0.2, 0.25) is 0 Å². The van der Waals surface area contributed by atoms with E-state index in [0.717, 1.165) is 38.0 Å². The fraction of sp³-hybridized carbons (Fsp3) is 0.913. The number of hydrogen-bond acceptors (Lipinski definition) is 2. The summed E-state index contributed by atoms with van der Waals surface area (Å²) in [4.78, 5) is 24.8. The molecule has 1 rings (SSSR count). The van der Waals surface area contributed by atoms with Crippen LogP contribution < -0.4 is 0 Å². The summed E-state index contributed by atoms with van der Waals surface area (Å²) in [6, 6.07) is 0. The van der Waals surface area contributed by atoms with Gasteiger partial charge in [-0.3, -0.25) is 9.59 Å². The van der Waals surface area contributed by atoms with Crippen LogP contribution in [0.25, 0.3) is 0 Å². The van der Waals surface area contributed by atoms with Crippen LogP contribution in [0.3, 0.4) is 0 Å². The maximum Gasteiger partial charge on any atom is 0.311 e. The van der Waals surface area contributed by atoms with E-state index in [1.807, 2.05) is 13.8 Å². The van der Waals surface area contributed by atoms with Gasteiger partial charge in [-0.05, 0) is 31.1 Å². The summed E-state index contributed by atoms with van der Waals surface area (Å²) in [5.74, 6) is -1.15. The number of carboxylic acids is 2.